The average molecular weight is 346 g/mol. The summed E-state index contributed by atoms with van der Waals surface area (Å²) in [5, 5.41) is 0. The van der Waals surface area contributed by atoms with E-state index in [0.717, 1.165) is 6.07 Å². The third-order valence-electron chi connectivity index (χ3n) is 3.39. The van der Waals surface area contributed by atoms with Crippen molar-refractivity contribution in [3.05, 3.63) is 23.5 Å². The molecule has 2 heterocycles. The summed E-state index contributed by atoms with van der Waals surface area (Å²) in [7, 11) is 0. The molecule has 0 aromatic carbocycles. The van der Waals surface area contributed by atoms with E-state index in [9.17, 15) is 18.0 Å². The third-order valence-corrected chi connectivity index (χ3v) is 3.39. The molecule has 0 saturated carbocycles. The maximum Gasteiger partial charge on any atom is 0.433 e. The predicted octanol–water partition coefficient (Wildman–Crippen LogP) is 4.01. The van der Waals surface area contributed by atoms with Crippen LogP contribution in [-0.4, -0.2) is 34.2 Å². The minimum atomic E-state index is -4.55. The first kappa shape index (κ1) is 18.4. The van der Waals surface area contributed by atoms with Crippen molar-refractivity contribution in [3.63, 3.8) is 0 Å². The van der Waals surface area contributed by atoms with Crippen LogP contribution in [0.5, 0.6) is 5.75 Å². The smallest absolute Gasteiger partial charge is 0.433 e. The fraction of sp³-hybridized carbons (Fsp3) is 0.625. The molecule has 0 radical (unpaired) electrons. The number of carbonyl (C=O) groups is 1. The van der Waals surface area contributed by atoms with E-state index in [2.05, 4.69) is 4.98 Å². The fourth-order valence-electron chi connectivity index (χ4n) is 2.25. The van der Waals surface area contributed by atoms with Gasteiger partial charge in [0.05, 0.1) is 13.1 Å². The van der Waals surface area contributed by atoms with Crippen molar-refractivity contribution in [3.8, 4) is 5.75 Å². The molecule has 8 heteroatoms. The zero-order valence-corrected chi connectivity index (χ0v) is 14.1. The van der Waals surface area contributed by atoms with Gasteiger partial charge in [0.2, 0.25) is 0 Å². The van der Waals surface area contributed by atoms with Crippen LogP contribution in [-0.2, 0) is 17.5 Å². The number of rotatable bonds is 1. The van der Waals surface area contributed by atoms with Gasteiger partial charge in [0.1, 0.15) is 28.8 Å². The van der Waals surface area contributed by atoms with Crippen LogP contribution >= 0.6 is 0 Å². The number of hydrogen-bond acceptors (Lipinski definition) is 4. The number of ether oxygens (including phenoxy) is 2. The highest BCUT2D eigenvalue weighted by Crippen LogP contribution is 2.32. The average Bonchev–Trinajstić information content (AvgIpc) is 2.62. The van der Waals surface area contributed by atoms with Crippen LogP contribution in [0.2, 0.25) is 0 Å². The molecule has 0 fully saturated rings. The molecule has 1 aromatic rings. The first-order valence-electron chi connectivity index (χ1n) is 7.71. The minimum absolute atomic E-state index is 0.0756. The summed E-state index contributed by atoms with van der Waals surface area (Å²) in [6.07, 6.45) is -4.89. The number of carbonyl (C=O) groups excluding carboxylic acids is 1. The summed E-state index contributed by atoms with van der Waals surface area (Å²) in [4.78, 5) is 17.3. The van der Waals surface area contributed by atoms with Gasteiger partial charge in [-0.15, -0.1) is 0 Å². The molecule has 1 atom stereocenters. The summed E-state index contributed by atoms with van der Waals surface area (Å²) in [6.45, 7) is 7.19. The lowest BCUT2D eigenvalue weighted by molar-refractivity contribution is -0.141. The Bertz CT molecular complexity index is 612. The van der Waals surface area contributed by atoms with Crippen LogP contribution in [0.25, 0.3) is 0 Å². The summed E-state index contributed by atoms with van der Waals surface area (Å²) in [5.74, 6) is 0.265. The second-order valence-electron chi connectivity index (χ2n) is 6.65. The van der Waals surface area contributed by atoms with E-state index in [-0.39, 0.29) is 30.6 Å². The van der Waals surface area contributed by atoms with E-state index >= 15 is 0 Å². The Morgan fingerprint density at radius 3 is 2.58 bits per heavy atom. The molecule has 1 aliphatic rings. The second kappa shape index (κ2) is 6.49. The highest BCUT2D eigenvalue weighted by atomic mass is 19.4. The Balaban J connectivity index is 2.33. The van der Waals surface area contributed by atoms with Crippen LogP contribution in [0.3, 0.4) is 0 Å². The predicted molar refractivity (Wildman–Crippen MR) is 80.6 cm³/mol. The van der Waals surface area contributed by atoms with Crippen LogP contribution in [0, 0.1) is 0 Å². The monoisotopic (exact) mass is 346 g/mol. The maximum atomic E-state index is 12.9. The molecular formula is C16H21F3N2O3. The number of alkyl halides is 3. The van der Waals surface area contributed by atoms with Gasteiger partial charge in [-0.05, 0) is 39.3 Å². The molecule has 24 heavy (non-hydrogen) atoms. The van der Waals surface area contributed by atoms with Crippen molar-refractivity contribution in [1.29, 1.82) is 0 Å². The minimum Gasteiger partial charge on any atom is -0.487 e. The van der Waals surface area contributed by atoms with Gasteiger partial charge >= 0.3 is 12.3 Å². The molecule has 2 rings (SSSR count). The van der Waals surface area contributed by atoms with E-state index in [4.69, 9.17) is 9.47 Å². The topological polar surface area (TPSA) is 51.7 Å². The van der Waals surface area contributed by atoms with Crippen molar-refractivity contribution in [2.45, 2.75) is 58.5 Å². The summed E-state index contributed by atoms with van der Waals surface area (Å²) >= 11 is 0. The lowest BCUT2D eigenvalue weighted by atomic mass is 10.2. The molecule has 0 saturated heterocycles. The van der Waals surface area contributed by atoms with Crippen molar-refractivity contribution in [2.75, 3.05) is 6.54 Å². The summed E-state index contributed by atoms with van der Waals surface area (Å²) < 4.78 is 49.6. The first-order valence-corrected chi connectivity index (χ1v) is 7.71. The lowest BCUT2D eigenvalue weighted by Crippen LogP contribution is -2.40. The van der Waals surface area contributed by atoms with Gasteiger partial charge in [-0.3, -0.25) is 4.90 Å². The fourth-order valence-corrected chi connectivity index (χ4v) is 2.25. The van der Waals surface area contributed by atoms with E-state index in [1.54, 1.807) is 20.8 Å². The van der Waals surface area contributed by atoms with Crippen LogP contribution < -0.4 is 4.74 Å². The van der Waals surface area contributed by atoms with Crippen molar-refractivity contribution < 1.29 is 27.4 Å². The number of nitrogens with zero attached hydrogens (tertiary/aromatic N) is 2. The third kappa shape index (κ3) is 4.52. The Morgan fingerprint density at radius 1 is 1.38 bits per heavy atom. The summed E-state index contributed by atoms with van der Waals surface area (Å²) in [6, 6.07) is 2.14. The lowest BCUT2D eigenvalue weighted by Gasteiger charge is -2.27. The van der Waals surface area contributed by atoms with Gasteiger partial charge < -0.3 is 9.47 Å². The van der Waals surface area contributed by atoms with Crippen LogP contribution in [0.1, 0.15) is 45.5 Å². The van der Waals surface area contributed by atoms with Gasteiger partial charge in [-0.25, -0.2) is 9.78 Å². The number of halogens is 3. The molecule has 0 spiro atoms. The quantitative estimate of drug-likeness (QED) is 0.771. The molecule has 0 aliphatic carbocycles. The molecule has 1 aliphatic heterocycles. The van der Waals surface area contributed by atoms with Gasteiger partial charge in [0.15, 0.2) is 0 Å². The Kier molecular flexibility index (Phi) is 4.96. The zero-order chi connectivity index (χ0) is 18.1. The standard InChI is InChI=1S/C16H21F3N2O3/c1-5-10-8-21(14(22)24-15(2,3)4)9-11-12(23-10)6-7-13(20-11)16(17,18)19/h6-7,10H,5,8-9H2,1-4H3/t10-/m1/s1. The zero-order valence-electron chi connectivity index (χ0n) is 14.1. The highest BCUT2D eigenvalue weighted by molar-refractivity contribution is 5.68. The van der Waals surface area contributed by atoms with Crippen molar-refractivity contribution in [2.24, 2.45) is 0 Å². The highest BCUT2D eigenvalue weighted by Gasteiger charge is 2.35. The normalized spacial score (nSPS) is 18.5. The number of aromatic nitrogens is 1. The molecule has 0 unspecified atom stereocenters. The van der Waals surface area contributed by atoms with E-state index in [1.807, 2.05) is 6.92 Å². The Hall–Kier alpha value is -1.99. The number of pyridine rings is 1. The van der Waals surface area contributed by atoms with Gasteiger partial charge in [-0.1, -0.05) is 6.92 Å². The molecule has 5 nitrogen and oxygen atoms in total. The molecular weight excluding hydrogens is 325 g/mol. The van der Waals surface area contributed by atoms with E-state index in [0.29, 0.717) is 6.42 Å². The Morgan fingerprint density at radius 2 is 2.04 bits per heavy atom. The van der Waals surface area contributed by atoms with Gasteiger partial charge in [0, 0.05) is 0 Å². The SMILES string of the molecule is CC[C@@H]1CN(C(=O)OC(C)(C)C)Cc2nc(C(F)(F)F)ccc2O1. The van der Waals surface area contributed by atoms with Gasteiger partial charge in [-0.2, -0.15) is 13.2 Å². The number of amides is 1. The Labute approximate surface area is 138 Å². The van der Waals surface area contributed by atoms with Crippen molar-refractivity contribution >= 4 is 6.09 Å². The maximum absolute atomic E-state index is 12.9. The first-order chi connectivity index (χ1) is 11.0. The largest absolute Gasteiger partial charge is 0.487 e. The van der Waals surface area contributed by atoms with Gasteiger partial charge in [0.25, 0.3) is 0 Å². The number of fused-ring (bicyclic) bond motifs is 1. The number of hydrogen-bond donors (Lipinski definition) is 0. The molecule has 1 amide bonds. The molecule has 1 aromatic heterocycles. The summed E-state index contributed by atoms with van der Waals surface area (Å²) in [5.41, 5.74) is -1.63. The molecule has 134 valence electrons. The van der Waals surface area contributed by atoms with E-state index in [1.165, 1.54) is 11.0 Å². The van der Waals surface area contributed by atoms with Crippen LogP contribution in [0.15, 0.2) is 12.1 Å². The molecule has 0 bridgehead atoms. The van der Waals surface area contributed by atoms with Crippen molar-refractivity contribution in [1.82, 2.24) is 9.88 Å². The molecule has 0 N–H and O–H groups in total. The van der Waals surface area contributed by atoms with E-state index < -0.39 is 23.6 Å². The second-order valence-corrected chi connectivity index (χ2v) is 6.65. The van der Waals surface area contributed by atoms with Crippen LogP contribution in [0.4, 0.5) is 18.0 Å².